The predicted molar refractivity (Wildman–Crippen MR) is 65.2 cm³/mol. The smallest absolute Gasteiger partial charge is 0.270 e. The van der Waals surface area contributed by atoms with Gasteiger partial charge in [0.05, 0.1) is 5.69 Å². The highest BCUT2D eigenvalue weighted by Crippen LogP contribution is 2.20. The van der Waals surface area contributed by atoms with E-state index in [4.69, 9.17) is 0 Å². The van der Waals surface area contributed by atoms with Crippen LogP contribution in [0.15, 0.2) is 18.3 Å². The summed E-state index contributed by atoms with van der Waals surface area (Å²) in [6.07, 6.45) is 4.10. The number of rotatable bonds is 2. The van der Waals surface area contributed by atoms with Crippen LogP contribution < -0.4 is 5.32 Å². The zero-order chi connectivity index (χ0) is 12.0. The van der Waals surface area contributed by atoms with Gasteiger partial charge in [-0.05, 0) is 44.4 Å². The van der Waals surface area contributed by atoms with Gasteiger partial charge in [0, 0.05) is 12.2 Å². The molecule has 3 rings (SSSR count). The van der Waals surface area contributed by atoms with Crippen molar-refractivity contribution in [1.29, 1.82) is 0 Å². The average molecular weight is 229 g/mol. The number of aromatic nitrogens is 2. The minimum absolute atomic E-state index is 0.0126. The summed E-state index contributed by atoms with van der Waals surface area (Å²) in [4.78, 5) is 16.5. The molecule has 1 fully saturated rings. The van der Waals surface area contributed by atoms with Crippen molar-refractivity contribution in [3.8, 4) is 0 Å². The first kappa shape index (κ1) is 10.3. The summed E-state index contributed by atoms with van der Waals surface area (Å²) in [6, 6.07) is 4.35. The molecule has 0 bridgehead atoms. The van der Waals surface area contributed by atoms with Crippen LogP contribution in [-0.2, 0) is 0 Å². The highest BCUT2D eigenvalue weighted by atomic mass is 16.2. The first-order valence-electron chi connectivity index (χ1n) is 5.91. The Bertz CT molecular complexity index is 596. The van der Waals surface area contributed by atoms with Gasteiger partial charge in [-0.1, -0.05) is 0 Å². The van der Waals surface area contributed by atoms with Crippen molar-refractivity contribution in [3.63, 3.8) is 0 Å². The summed E-state index contributed by atoms with van der Waals surface area (Å²) in [5, 5.41) is 3.00. The molecule has 0 atom stereocenters. The minimum atomic E-state index is -0.0126. The maximum absolute atomic E-state index is 12.1. The molecular formula is C13H15N3O. The molecule has 2 aromatic rings. The molecule has 0 aromatic carbocycles. The Morgan fingerprint density at radius 2 is 2.24 bits per heavy atom. The SMILES string of the molecule is Cc1ccn2c(C(=O)NC3CC3)c(C)nc2c1. The van der Waals surface area contributed by atoms with Gasteiger partial charge in [-0.15, -0.1) is 0 Å². The average Bonchev–Trinajstić information content (AvgIpc) is 2.99. The molecule has 0 spiro atoms. The van der Waals surface area contributed by atoms with Gasteiger partial charge in [0.15, 0.2) is 0 Å². The predicted octanol–water partition coefficient (Wildman–Crippen LogP) is 1.84. The second-order valence-corrected chi connectivity index (χ2v) is 4.73. The van der Waals surface area contributed by atoms with E-state index >= 15 is 0 Å². The summed E-state index contributed by atoms with van der Waals surface area (Å²) in [7, 11) is 0. The maximum atomic E-state index is 12.1. The van der Waals surface area contributed by atoms with Gasteiger partial charge in [0.2, 0.25) is 0 Å². The number of hydrogen-bond donors (Lipinski definition) is 1. The highest BCUT2D eigenvalue weighted by molar-refractivity contribution is 5.95. The Hall–Kier alpha value is -1.84. The first-order valence-corrected chi connectivity index (χ1v) is 5.91. The van der Waals surface area contributed by atoms with Crippen molar-refractivity contribution in [1.82, 2.24) is 14.7 Å². The van der Waals surface area contributed by atoms with Gasteiger partial charge in [0.25, 0.3) is 5.91 Å². The number of pyridine rings is 1. The fourth-order valence-corrected chi connectivity index (χ4v) is 2.02. The minimum Gasteiger partial charge on any atom is -0.348 e. The number of amides is 1. The van der Waals surface area contributed by atoms with E-state index in [0.717, 1.165) is 29.7 Å². The third-order valence-electron chi connectivity index (χ3n) is 3.08. The number of carbonyl (C=O) groups is 1. The van der Waals surface area contributed by atoms with Gasteiger partial charge in [-0.2, -0.15) is 0 Å². The molecule has 2 heterocycles. The lowest BCUT2D eigenvalue weighted by Gasteiger charge is -2.04. The van der Waals surface area contributed by atoms with Crippen molar-refractivity contribution in [2.45, 2.75) is 32.7 Å². The molecule has 0 aliphatic heterocycles. The van der Waals surface area contributed by atoms with Gasteiger partial charge >= 0.3 is 0 Å². The summed E-state index contributed by atoms with van der Waals surface area (Å²) in [6.45, 7) is 3.90. The van der Waals surface area contributed by atoms with Gasteiger partial charge in [-0.25, -0.2) is 4.98 Å². The van der Waals surface area contributed by atoms with Crippen LogP contribution in [0, 0.1) is 13.8 Å². The van der Waals surface area contributed by atoms with E-state index in [1.165, 1.54) is 0 Å². The van der Waals surface area contributed by atoms with E-state index in [-0.39, 0.29) is 5.91 Å². The van der Waals surface area contributed by atoms with E-state index in [1.54, 1.807) is 0 Å². The molecule has 17 heavy (non-hydrogen) atoms. The van der Waals surface area contributed by atoms with Gasteiger partial charge in [0.1, 0.15) is 11.3 Å². The lowest BCUT2D eigenvalue weighted by molar-refractivity contribution is 0.0944. The zero-order valence-corrected chi connectivity index (χ0v) is 10.0. The maximum Gasteiger partial charge on any atom is 0.270 e. The van der Waals surface area contributed by atoms with Gasteiger partial charge < -0.3 is 5.32 Å². The van der Waals surface area contributed by atoms with E-state index in [0.29, 0.717) is 11.7 Å². The molecule has 1 amide bonds. The second-order valence-electron chi connectivity index (χ2n) is 4.73. The molecule has 2 aromatic heterocycles. The fourth-order valence-electron chi connectivity index (χ4n) is 2.02. The number of nitrogens with one attached hydrogen (secondary N) is 1. The van der Waals surface area contributed by atoms with Crippen molar-refractivity contribution < 1.29 is 4.79 Å². The van der Waals surface area contributed by atoms with Crippen LogP contribution in [0.4, 0.5) is 0 Å². The zero-order valence-electron chi connectivity index (χ0n) is 10.0. The van der Waals surface area contributed by atoms with Crippen LogP contribution >= 0.6 is 0 Å². The Kier molecular flexibility index (Phi) is 2.18. The van der Waals surface area contributed by atoms with Crippen molar-refractivity contribution in [3.05, 3.63) is 35.3 Å². The fraction of sp³-hybridized carbons (Fsp3) is 0.385. The monoisotopic (exact) mass is 229 g/mol. The number of nitrogens with zero attached hydrogens (tertiary/aromatic N) is 2. The molecule has 88 valence electrons. The molecule has 1 saturated carbocycles. The van der Waals surface area contributed by atoms with E-state index in [1.807, 2.05) is 36.6 Å². The summed E-state index contributed by atoms with van der Waals surface area (Å²) >= 11 is 0. The van der Waals surface area contributed by atoms with Gasteiger partial charge in [-0.3, -0.25) is 9.20 Å². The molecule has 0 radical (unpaired) electrons. The summed E-state index contributed by atoms with van der Waals surface area (Å²) < 4.78 is 1.86. The van der Waals surface area contributed by atoms with E-state index < -0.39 is 0 Å². The number of aryl methyl sites for hydroxylation is 2. The standard InChI is InChI=1S/C13H15N3O/c1-8-5-6-16-11(7-8)14-9(2)12(16)13(17)15-10-3-4-10/h5-7,10H,3-4H2,1-2H3,(H,15,17). The van der Waals surface area contributed by atoms with E-state index in [2.05, 4.69) is 10.3 Å². The van der Waals surface area contributed by atoms with Crippen LogP contribution in [0.2, 0.25) is 0 Å². The number of carbonyl (C=O) groups excluding carboxylic acids is 1. The molecule has 1 aliphatic carbocycles. The topological polar surface area (TPSA) is 46.4 Å². The number of fused-ring (bicyclic) bond motifs is 1. The summed E-state index contributed by atoms with van der Waals surface area (Å²) in [5.74, 6) is -0.0126. The highest BCUT2D eigenvalue weighted by Gasteiger charge is 2.26. The normalized spacial score (nSPS) is 15.2. The lowest BCUT2D eigenvalue weighted by atomic mass is 10.3. The molecule has 4 heteroatoms. The van der Waals surface area contributed by atoms with Crippen molar-refractivity contribution in [2.75, 3.05) is 0 Å². The Labute approximate surface area is 99.7 Å². The molecular weight excluding hydrogens is 214 g/mol. The summed E-state index contributed by atoms with van der Waals surface area (Å²) in [5.41, 5.74) is 3.43. The number of imidazole rings is 1. The van der Waals surface area contributed by atoms with Crippen LogP contribution in [0.5, 0.6) is 0 Å². The Balaban J connectivity index is 2.07. The third-order valence-corrected chi connectivity index (χ3v) is 3.08. The first-order chi connectivity index (χ1) is 8.15. The Morgan fingerprint density at radius 3 is 2.94 bits per heavy atom. The second kappa shape index (κ2) is 3.58. The molecule has 1 N–H and O–H groups in total. The third kappa shape index (κ3) is 1.79. The van der Waals surface area contributed by atoms with Crippen LogP contribution in [0.3, 0.4) is 0 Å². The molecule has 1 aliphatic rings. The molecule has 4 nitrogen and oxygen atoms in total. The number of hydrogen-bond acceptors (Lipinski definition) is 2. The van der Waals surface area contributed by atoms with Crippen LogP contribution in [-0.4, -0.2) is 21.3 Å². The molecule has 0 unspecified atom stereocenters. The Morgan fingerprint density at radius 1 is 1.47 bits per heavy atom. The molecule has 0 saturated heterocycles. The van der Waals surface area contributed by atoms with Crippen molar-refractivity contribution >= 4 is 11.6 Å². The largest absolute Gasteiger partial charge is 0.348 e. The van der Waals surface area contributed by atoms with Crippen molar-refractivity contribution in [2.24, 2.45) is 0 Å². The van der Waals surface area contributed by atoms with Crippen LogP contribution in [0.1, 0.15) is 34.6 Å². The lowest BCUT2D eigenvalue weighted by Crippen LogP contribution is -2.27. The quantitative estimate of drug-likeness (QED) is 0.854. The van der Waals surface area contributed by atoms with Crippen LogP contribution in [0.25, 0.3) is 5.65 Å². The van der Waals surface area contributed by atoms with E-state index in [9.17, 15) is 4.79 Å².